The molecule has 0 atom stereocenters. The fraction of sp³-hybridized carbons (Fsp3) is 0. The van der Waals surface area contributed by atoms with Crippen molar-refractivity contribution in [3.05, 3.63) is 182 Å². The predicted molar refractivity (Wildman–Crippen MR) is 208 cm³/mol. The molecule has 1 aromatic heterocycles. The molecule has 10 aromatic rings. The van der Waals surface area contributed by atoms with Crippen molar-refractivity contribution in [2.45, 2.75) is 0 Å². The quantitative estimate of drug-likeness (QED) is 0.176. The summed E-state index contributed by atoms with van der Waals surface area (Å²) in [6.45, 7) is 0. The zero-order valence-corrected chi connectivity index (χ0v) is 26.0. The minimum Gasteiger partial charge on any atom is -0.455 e. The smallest absolute Gasteiger partial charge is 0.143 e. The monoisotopic (exact) mass is 632 g/mol. The summed E-state index contributed by atoms with van der Waals surface area (Å²) in [5.74, 6) is 0. The van der Waals surface area contributed by atoms with Crippen LogP contribution >= 0.6 is 0 Å². The molecular formula is C48H30O. The Bertz CT molecular complexity index is 3350. The van der Waals surface area contributed by atoms with E-state index in [0.29, 0.717) is 27.7 Å². The highest BCUT2D eigenvalue weighted by atomic mass is 16.3. The molecule has 228 valence electrons. The van der Waals surface area contributed by atoms with E-state index in [1.165, 1.54) is 0 Å². The molecule has 0 bridgehead atoms. The van der Waals surface area contributed by atoms with Crippen molar-refractivity contribution in [3.8, 4) is 44.5 Å². The summed E-state index contributed by atoms with van der Waals surface area (Å²) in [6, 6.07) is 35.5. The van der Waals surface area contributed by atoms with Crippen molar-refractivity contribution in [3.63, 3.8) is 0 Å². The lowest BCUT2D eigenvalue weighted by Gasteiger charge is -2.19. The molecule has 0 saturated heterocycles. The van der Waals surface area contributed by atoms with Gasteiger partial charge in [0.05, 0.1) is 13.7 Å². The van der Waals surface area contributed by atoms with Crippen LogP contribution in [0.4, 0.5) is 0 Å². The number of rotatable bonds is 4. The van der Waals surface area contributed by atoms with Crippen LogP contribution in [0.3, 0.4) is 0 Å². The van der Waals surface area contributed by atoms with Gasteiger partial charge in [0.25, 0.3) is 0 Å². The zero-order chi connectivity index (χ0) is 41.0. The number of hydrogen-bond acceptors (Lipinski definition) is 1. The molecule has 1 heterocycles. The van der Waals surface area contributed by atoms with Gasteiger partial charge in [0.15, 0.2) is 0 Å². The molecule has 0 aliphatic heterocycles. The molecule has 0 amide bonds. The van der Waals surface area contributed by atoms with Crippen LogP contribution < -0.4 is 0 Å². The third-order valence-corrected chi connectivity index (χ3v) is 9.43. The second-order valence-corrected chi connectivity index (χ2v) is 12.0. The highest BCUT2D eigenvalue weighted by Crippen LogP contribution is 2.47. The lowest BCUT2D eigenvalue weighted by Crippen LogP contribution is -1.92. The molecule has 0 spiro atoms. The van der Waals surface area contributed by atoms with Crippen LogP contribution in [0.2, 0.25) is 0 Å². The Hall–Kier alpha value is -6.44. The van der Waals surface area contributed by atoms with Crippen LogP contribution in [0, 0.1) is 0 Å². The minimum atomic E-state index is -0.449. The molecule has 0 aliphatic rings. The summed E-state index contributed by atoms with van der Waals surface area (Å²) in [6.07, 6.45) is 0. The average molecular weight is 633 g/mol. The first-order chi connectivity index (χ1) is 28.5. The summed E-state index contributed by atoms with van der Waals surface area (Å²) < 4.78 is 92.0. The molecule has 49 heavy (non-hydrogen) atoms. The van der Waals surface area contributed by atoms with Crippen molar-refractivity contribution in [1.82, 2.24) is 0 Å². The third kappa shape index (κ3) is 4.33. The maximum Gasteiger partial charge on any atom is 0.143 e. The maximum atomic E-state index is 8.85. The lowest BCUT2D eigenvalue weighted by molar-refractivity contribution is 0.673. The number of hydrogen-bond donors (Lipinski definition) is 0. The van der Waals surface area contributed by atoms with Crippen LogP contribution in [-0.2, 0) is 0 Å². The van der Waals surface area contributed by atoms with E-state index in [9.17, 15) is 0 Å². The molecular weight excluding hydrogens is 593 g/mol. The molecule has 0 unspecified atom stereocenters. The van der Waals surface area contributed by atoms with Crippen molar-refractivity contribution >= 4 is 54.3 Å². The van der Waals surface area contributed by atoms with E-state index in [2.05, 4.69) is 18.2 Å². The first-order valence-electron chi connectivity index (χ1n) is 21.0. The van der Waals surface area contributed by atoms with Crippen LogP contribution in [-0.4, -0.2) is 0 Å². The summed E-state index contributed by atoms with van der Waals surface area (Å²) >= 11 is 0. The van der Waals surface area contributed by atoms with E-state index in [4.69, 9.17) is 18.1 Å². The standard InChI is InChI=1S/C48H30O/c1-3-15-31(16-4-1)34-19-7-9-21-36(34)47-39-24-12-10-22-37(39)46(38-23-11-13-25-40(38)47)33-27-28-45-43(29-33)44-30-42(32-17-5-2-6-18-32)35-20-8-14-26-41(35)48(44)49-45/h1-30H/i1D,2D,3D,4D,5D,6D,15D,16D,17D,18D. The van der Waals surface area contributed by atoms with Gasteiger partial charge in [0.2, 0.25) is 0 Å². The van der Waals surface area contributed by atoms with Gasteiger partial charge in [0, 0.05) is 16.2 Å². The van der Waals surface area contributed by atoms with Gasteiger partial charge in [-0.25, -0.2) is 0 Å². The summed E-state index contributed by atoms with van der Waals surface area (Å²) in [4.78, 5) is 0. The van der Waals surface area contributed by atoms with Gasteiger partial charge < -0.3 is 4.42 Å². The van der Waals surface area contributed by atoms with Crippen molar-refractivity contribution in [2.24, 2.45) is 0 Å². The van der Waals surface area contributed by atoms with Gasteiger partial charge in [-0.1, -0.05) is 164 Å². The molecule has 0 aliphatic carbocycles. The van der Waals surface area contributed by atoms with E-state index in [1.807, 2.05) is 97.1 Å². The molecule has 1 heteroatoms. The van der Waals surface area contributed by atoms with Gasteiger partial charge in [0.1, 0.15) is 11.2 Å². The van der Waals surface area contributed by atoms with E-state index in [1.54, 1.807) is 6.07 Å². The molecule has 1 nitrogen and oxygen atoms in total. The summed E-state index contributed by atoms with van der Waals surface area (Å²) in [5.41, 5.74) is 6.01. The third-order valence-electron chi connectivity index (χ3n) is 9.43. The predicted octanol–water partition coefficient (Wildman–Crippen LogP) is 13.7. The maximum absolute atomic E-state index is 8.85. The molecule has 0 saturated carbocycles. The molecule has 10 rings (SSSR count). The number of fused-ring (bicyclic) bond motifs is 7. The topological polar surface area (TPSA) is 13.1 Å². The second kappa shape index (κ2) is 11.1. The normalized spacial score (nSPS) is 14.5. The largest absolute Gasteiger partial charge is 0.455 e. The number of furan rings is 1. The first-order valence-corrected chi connectivity index (χ1v) is 16.0. The molecule has 9 aromatic carbocycles. The number of benzene rings is 9. The molecule has 0 radical (unpaired) electrons. The van der Waals surface area contributed by atoms with Crippen molar-refractivity contribution in [1.29, 1.82) is 0 Å². The highest BCUT2D eigenvalue weighted by molar-refractivity contribution is 6.24. The molecule has 0 fully saturated rings. The van der Waals surface area contributed by atoms with Crippen molar-refractivity contribution in [2.75, 3.05) is 0 Å². The van der Waals surface area contributed by atoms with Gasteiger partial charge in [-0.2, -0.15) is 0 Å². The van der Waals surface area contributed by atoms with Gasteiger partial charge in [-0.15, -0.1) is 0 Å². The first kappa shape index (κ1) is 19.4. The molecule has 0 N–H and O–H groups in total. The van der Waals surface area contributed by atoms with Gasteiger partial charge >= 0.3 is 0 Å². The average Bonchev–Trinajstić information content (AvgIpc) is 3.64. The van der Waals surface area contributed by atoms with E-state index in [0.717, 1.165) is 60.0 Å². The van der Waals surface area contributed by atoms with Crippen LogP contribution in [0.25, 0.3) is 98.8 Å². The zero-order valence-electron chi connectivity index (χ0n) is 36.0. The Kier molecular flexibility index (Phi) is 4.39. The van der Waals surface area contributed by atoms with Crippen LogP contribution in [0.15, 0.2) is 186 Å². The minimum absolute atomic E-state index is 0.121. The Labute approximate surface area is 298 Å². The van der Waals surface area contributed by atoms with Crippen LogP contribution in [0.1, 0.15) is 13.7 Å². The fourth-order valence-corrected chi connectivity index (χ4v) is 7.38. The van der Waals surface area contributed by atoms with Gasteiger partial charge in [-0.3, -0.25) is 0 Å². The second-order valence-electron chi connectivity index (χ2n) is 12.0. The highest BCUT2D eigenvalue weighted by Gasteiger charge is 2.20. The fourth-order valence-electron chi connectivity index (χ4n) is 7.38. The SMILES string of the molecule is [2H]c1c([2H])c([2H])c(-c2ccccc2-c2c3ccccc3c(-c3ccc4oc5c6ccccc6c(-c6c([2H])c([2H])c([2H])c([2H])c6[2H])cc5c4c3)c3ccccc23)c([2H])c1[2H]. The summed E-state index contributed by atoms with van der Waals surface area (Å²) in [7, 11) is 0. The van der Waals surface area contributed by atoms with E-state index >= 15 is 0 Å². The van der Waals surface area contributed by atoms with E-state index in [-0.39, 0.29) is 35.3 Å². The Morgan fingerprint density at radius 2 is 0.857 bits per heavy atom. The van der Waals surface area contributed by atoms with Gasteiger partial charge in [-0.05, 0) is 89.6 Å². The Morgan fingerprint density at radius 1 is 0.347 bits per heavy atom. The summed E-state index contributed by atoms with van der Waals surface area (Å²) in [5, 5.41) is 6.68. The lowest BCUT2D eigenvalue weighted by atomic mass is 9.83. The van der Waals surface area contributed by atoms with E-state index < -0.39 is 36.3 Å². The van der Waals surface area contributed by atoms with Crippen molar-refractivity contribution < 1.29 is 18.1 Å². The Morgan fingerprint density at radius 3 is 1.49 bits per heavy atom. The van der Waals surface area contributed by atoms with Crippen LogP contribution in [0.5, 0.6) is 0 Å². The Balaban J connectivity index is 1.27.